The molecule has 0 fully saturated rings. The summed E-state index contributed by atoms with van der Waals surface area (Å²) in [6, 6.07) is 0. The minimum atomic E-state index is 0.0703. The molecule has 2 nitrogen and oxygen atoms in total. The largest absolute Gasteiger partial charge is 0.384 e. The highest BCUT2D eigenvalue weighted by Gasteiger charge is 1.92. The van der Waals surface area contributed by atoms with Crippen LogP contribution in [0, 0.1) is 5.41 Å². The molecular weight excluding hydrogens is 184 g/mol. The van der Waals surface area contributed by atoms with E-state index in [9.17, 15) is 0 Å². The maximum atomic E-state index is 7.35. The third-order valence-corrected chi connectivity index (χ3v) is 1.75. The topological polar surface area (TPSA) is 49.9 Å². The molecule has 3 N–H and O–H groups in total. The van der Waals surface area contributed by atoms with Gasteiger partial charge in [-0.1, -0.05) is 66.8 Å². The molecule has 0 atom stereocenters. The van der Waals surface area contributed by atoms with E-state index in [-0.39, 0.29) is 5.84 Å². The zero-order chi connectivity index (χ0) is 10.9. The number of amidine groups is 1. The third-order valence-electron chi connectivity index (χ3n) is 1.75. The first-order chi connectivity index (χ1) is 7.30. The van der Waals surface area contributed by atoms with Gasteiger partial charge in [0.15, 0.2) is 0 Å². The van der Waals surface area contributed by atoms with Gasteiger partial charge in [-0.05, 0) is 0 Å². The molecular formula is C13H14N2. The summed E-state index contributed by atoms with van der Waals surface area (Å²) in [5, 5.41) is 7.35. The molecule has 0 aromatic heterocycles. The lowest BCUT2D eigenvalue weighted by Gasteiger charge is -1.95. The molecule has 0 heterocycles. The lowest BCUT2D eigenvalue weighted by Crippen LogP contribution is -2.11. The monoisotopic (exact) mass is 198 g/mol. The normalized spacial score (nSPS) is 29.7. The van der Waals surface area contributed by atoms with Crippen molar-refractivity contribution in [1.29, 1.82) is 5.41 Å². The van der Waals surface area contributed by atoms with Gasteiger partial charge in [0.05, 0.1) is 0 Å². The number of nitrogens with two attached hydrogens (primary N) is 1. The fraction of sp³-hybridized carbons (Fsp3) is 0. The Morgan fingerprint density at radius 1 is 0.800 bits per heavy atom. The molecule has 0 saturated heterocycles. The zero-order valence-corrected chi connectivity index (χ0v) is 8.43. The van der Waals surface area contributed by atoms with Crippen molar-refractivity contribution in [1.82, 2.24) is 0 Å². The van der Waals surface area contributed by atoms with Crippen LogP contribution in [0.4, 0.5) is 0 Å². The van der Waals surface area contributed by atoms with Crippen molar-refractivity contribution in [3.8, 4) is 0 Å². The first-order valence-electron chi connectivity index (χ1n) is 4.70. The van der Waals surface area contributed by atoms with Gasteiger partial charge < -0.3 is 5.73 Å². The average Bonchev–Trinajstić information content (AvgIpc) is 2.18. The van der Waals surface area contributed by atoms with Crippen molar-refractivity contribution in [3.63, 3.8) is 0 Å². The second-order valence-corrected chi connectivity index (χ2v) is 2.93. The van der Waals surface area contributed by atoms with Gasteiger partial charge in [0.1, 0.15) is 5.84 Å². The molecule has 0 aromatic carbocycles. The molecule has 0 saturated carbocycles. The van der Waals surface area contributed by atoms with E-state index in [1.54, 1.807) is 0 Å². The predicted molar refractivity (Wildman–Crippen MR) is 65.7 cm³/mol. The molecule has 0 bridgehead atoms. The van der Waals surface area contributed by atoms with Gasteiger partial charge in [0.25, 0.3) is 0 Å². The summed E-state index contributed by atoms with van der Waals surface area (Å²) in [5.74, 6) is 0.0703. The van der Waals surface area contributed by atoms with E-state index in [2.05, 4.69) is 0 Å². The molecule has 1 aliphatic rings. The Labute approximate surface area is 90.0 Å². The molecule has 1 rings (SSSR count). The van der Waals surface area contributed by atoms with Crippen LogP contribution in [0.1, 0.15) is 0 Å². The molecule has 2 heteroatoms. The highest BCUT2D eigenvalue weighted by Crippen LogP contribution is 1.98. The van der Waals surface area contributed by atoms with Crippen molar-refractivity contribution >= 4 is 5.84 Å². The summed E-state index contributed by atoms with van der Waals surface area (Å²) in [5.41, 5.74) is 6.12. The SMILES string of the molecule is N=C(N)C1=C/C=C\C=C/C=C\C=C\C=C\1. The van der Waals surface area contributed by atoms with Gasteiger partial charge in [-0.25, -0.2) is 0 Å². The number of hydrogen-bond acceptors (Lipinski definition) is 1. The fourth-order valence-electron chi connectivity index (χ4n) is 1.00. The van der Waals surface area contributed by atoms with Crippen molar-refractivity contribution < 1.29 is 0 Å². The number of hydrogen-bond donors (Lipinski definition) is 2. The molecule has 0 unspecified atom stereocenters. The summed E-state index contributed by atoms with van der Waals surface area (Å²) in [6.45, 7) is 0. The lowest BCUT2D eigenvalue weighted by molar-refractivity contribution is 1.43. The van der Waals surface area contributed by atoms with Crippen LogP contribution in [-0.4, -0.2) is 5.84 Å². The molecule has 0 amide bonds. The minimum absolute atomic E-state index is 0.0703. The van der Waals surface area contributed by atoms with E-state index in [1.807, 2.05) is 66.8 Å². The van der Waals surface area contributed by atoms with E-state index in [4.69, 9.17) is 11.1 Å². The predicted octanol–water partition coefficient (Wildman–Crippen LogP) is 2.64. The van der Waals surface area contributed by atoms with Crippen LogP contribution in [0.2, 0.25) is 0 Å². The van der Waals surface area contributed by atoms with Crippen LogP contribution in [0.3, 0.4) is 0 Å². The second-order valence-electron chi connectivity index (χ2n) is 2.93. The highest BCUT2D eigenvalue weighted by atomic mass is 14.7. The summed E-state index contributed by atoms with van der Waals surface area (Å²) in [6.07, 6.45) is 20.8. The zero-order valence-electron chi connectivity index (χ0n) is 8.43. The molecule has 1 aliphatic carbocycles. The van der Waals surface area contributed by atoms with Crippen LogP contribution in [0.25, 0.3) is 0 Å². The fourth-order valence-corrected chi connectivity index (χ4v) is 1.00. The molecule has 0 radical (unpaired) electrons. The van der Waals surface area contributed by atoms with Crippen LogP contribution < -0.4 is 5.73 Å². The van der Waals surface area contributed by atoms with Crippen LogP contribution in [0.15, 0.2) is 72.4 Å². The Morgan fingerprint density at radius 3 is 1.80 bits per heavy atom. The third kappa shape index (κ3) is 4.62. The van der Waals surface area contributed by atoms with E-state index < -0.39 is 0 Å². The van der Waals surface area contributed by atoms with Gasteiger partial charge in [0, 0.05) is 5.57 Å². The van der Waals surface area contributed by atoms with Crippen molar-refractivity contribution in [2.75, 3.05) is 0 Å². The highest BCUT2D eigenvalue weighted by molar-refractivity contribution is 5.97. The Bertz CT molecular complexity index is 391. The van der Waals surface area contributed by atoms with Crippen LogP contribution in [-0.2, 0) is 0 Å². The molecule has 0 aliphatic heterocycles. The molecule has 76 valence electrons. The summed E-state index contributed by atoms with van der Waals surface area (Å²) in [4.78, 5) is 0. The number of allylic oxidation sites excluding steroid dienone is 10. The van der Waals surface area contributed by atoms with Gasteiger partial charge in [-0.2, -0.15) is 0 Å². The van der Waals surface area contributed by atoms with Gasteiger partial charge >= 0.3 is 0 Å². The standard InChI is InChI=1S/C13H14N2/c14-13(15)12-10-8-6-4-2-1-3-5-7-9-11-12/h1-11H,(H3,14,15)/b2-1-,3-1?,4-2?,5-3-,6-4+,7-5?,8-6?,9-7-,10-8+,11-9?,12-10?,12-11+. The smallest absolute Gasteiger partial charge is 0.122 e. The minimum Gasteiger partial charge on any atom is -0.384 e. The van der Waals surface area contributed by atoms with Crippen molar-refractivity contribution in [3.05, 3.63) is 72.4 Å². The quantitative estimate of drug-likeness (QED) is 0.494. The van der Waals surface area contributed by atoms with Crippen molar-refractivity contribution in [2.24, 2.45) is 5.73 Å². The van der Waals surface area contributed by atoms with E-state index >= 15 is 0 Å². The number of rotatable bonds is 1. The maximum absolute atomic E-state index is 7.35. The lowest BCUT2D eigenvalue weighted by atomic mass is 10.2. The summed E-state index contributed by atoms with van der Waals surface area (Å²) < 4.78 is 0. The first-order valence-corrected chi connectivity index (χ1v) is 4.70. The Kier molecular flexibility index (Phi) is 4.67. The molecule has 0 aromatic rings. The van der Waals surface area contributed by atoms with Crippen LogP contribution >= 0.6 is 0 Å². The number of nitrogens with one attached hydrogen (secondary N) is 1. The molecule has 15 heavy (non-hydrogen) atoms. The maximum Gasteiger partial charge on any atom is 0.122 e. The van der Waals surface area contributed by atoms with Crippen LogP contribution in [0.5, 0.6) is 0 Å². The first kappa shape index (κ1) is 11.0. The Hall–Kier alpha value is -2.09. The van der Waals surface area contributed by atoms with E-state index in [0.29, 0.717) is 5.57 Å². The second kappa shape index (κ2) is 6.38. The summed E-state index contributed by atoms with van der Waals surface area (Å²) >= 11 is 0. The van der Waals surface area contributed by atoms with Gasteiger partial charge in [-0.15, -0.1) is 0 Å². The molecule has 0 spiro atoms. The summed E-state index contributed by atoms with van der Waals surface area (Å²) in [7, 11) is 0. The van der Waals surface area contributed by atoms with Gasteiger partial charge in [-0.3, -0.25) is 5.41 Å². The van der Waals surface area contributed by atoms with Crippen molar-refractivity contribution in [2.45, 2.75) is 0 Å². The van der Waals surface area contributed by atoms with E-state index in [1.165, 1.54) is 0 Å². The Balaban J connectivity index is 2.92. The van der Waals surface area contributed by atoms with E-state index in [0.717, 1.165) is 0 Å². The Morgan fingerprint density at radius 2 is 1.27 bits per heavy atom. The van der Waals surface area contributed by atoms with Gasteiger partial charge in [0.2, 0.25) is 0 Å². The average molecular weight is 198 g/mol.